The molecule has 0 spiro atoms. The molecule has 0 bridgehead atoms. The number of halogens is 2. The van der Waals surface area contributed by atoms with Crippen LogP contribution in [0.4, 0.5) is 14.5 Å². The third kappa shape index (κ3) is 6.04. The lowest BCUT2D eigenvalue weighted by Crippen LogP contribution is -2.45. The van der Waals surface area contributed by atoms with Gasteiger partial charge in [-0.15, -0.1) is 0 Å². The lowest BCUT2D eigenvalue weighted by Gasteiger charge is -2.35. The number of nitrogens with one attached hydrogen (secondary N) is 1. The van der Waals surface area contributed by atoms with Crippen LogP contribution in [0.5, 0.6) is 0 Å². The van der Waals surface area contributed by atoms with E-state index in [0.29, 0.717) is 44.6 Å². The maximum atomic E-state index is 13.5. The van der Waals surface area contributed by atoms with Crippen LogP contribution in [-0.4, -0.2) is 42.4 Å². The first kappa shape index (κ1) is 24.4. The smallest absolute Gasteiger partial charge is 0.256 e. The van der Waals surface area contributed by atoms with Gasteiger partial charge in [-0.1, -0.05) is 42.5 Å². The molecule has 5 nitrogen and oxygen atoms in total. The summed E-state index contributed by atoms with van der Waals surface area (Å²) in [6.45, 7) is 4.41. The van der Waals surface area contributed by atoms with Crippen LogP contribution in [0.1, 0.15) is 46.0 Å². The van der Waals surface area contributed by atoms with Crippen LogP contribution in [0.25, 0.3) is 0 Å². The van der Waals surface area contributed by atoms with E-state index in [-0.39, 0.29) is 17.5 Å². The van der Waals surface area contributed by atoms with Crippen molar-refractivity contribution in [2.45, 2.75) is 32.4 Å². The van der Waals surface area contributed by atoms with Crippen molar-refractivity contribution < 1.29 is 18.4 Å². The number of carbonyl (C=O) groups is 2. The molecule has 0 radical (unpaired) electrons. The molecule has 0 aromatic heterocycles. The average Bonchev–Trinajstić information content (AvgIpc) is 2.87. The van der Waals surface area contributed by atoms with Gasteiger partial charge in [0.1, 0.15) is 11.6 Å². The molecule has 3 aromatic carbocycles. The van der Waals surface area contributed by atoms with Crippen molar-refractivity contribution in [3.05, 3.63) is 101 Å². The van der Waals surface area contributed by atoms with Gasteiger partial charge in [0.2, 0.25) is 0 Å². The molecule has 4 rings (SSSR count). The van der Waals surface area contributed by atoms with Crippen molar-refractivity contribution in [3.8, 4) is 0 Å². The Labute approximate surface area is 204 Å². The Hall–Kier alpha value is -3.74. The molecule has 0 atom stereocenters. The second kappa shape index (κ2) is 11.1. The highest BCUT2D eigenvalue weighted by Gasteiger charge is 2.26. The van der Waals surface area contributed by atoms with Gasteiger partial charge in [0.05, 0.1) is 5.56 Å². The second-order valence-corrected chi connectivity index (χ2v) is 8.71. The molecule has 0 unspecified atom stereocenters. The fraction of sp³-hybridized carbons (Fsp3) is 0.286. The Morgan fingerprint density at radius 2 is 1.57 bits per heavy atom. The minimum atomic E-state index is -0.778. The van der Waals surface area contributed by atoms with Gasteiger partial charge >= 0.3 is 0 Å². The highest BCUT2D eigenvalue weighted by atomic mass is 19.1. The summed E-state index contributed by atoms with van der Waals surface area (Å²) >= 11 is 0. The minimum Gasteiger partial charge on any atom is -0.371 e. The van der Waals surface area contributed by atoms with Crippen LogP contribution in [0.15, 0.2) is 72.8 Å². The predicted octanol–water partition coefficient (Wildman–Crippen LogP) is 5.03. The molecule has 35 heavy (non-hydrogen) atoms. The summed E-state index contributed by atoms with van der Waals surface area (Å²) in [4.78, 5) is 29.9. The standard InChI is InChI=1S/C28H29F2N3O2/c1-2-32(19-20-8-4-3-5-9-20)28(35)25-10-6-7-11-26(25)33-14-12-24(13-15-33)31-27(34)21-16-22(29)18-23(30)17-21/h3-11,16-18,24H,2,12-15,19H2,1H3,(H,31,34). The number of hydrogen-bond donors (Lipinski definition) is 1. The number of para-hydroxylation sites is 1. The van der Waals surface area contributed by atoms with Crippen LogP contribution in [-0.2, 0) is 6.54 Å². The van der Waals surface area contributed by atoms with Gasteiger partial charge in [0.15, 0.2) is 0 Å². The van der Waals surface area contributed by atoms with Crippen LogP contribution in [0.2, 0.25) is 0 Å². The van der Waals surface area contributed by atoms with Gasteiger partial charge in [-0.2, -0.15) is 0 Å². The van der Waals surface area contributed by atoms with Crippen LogP contribution in [0, 0.1) is 11.6 Å². The van der Waals surface area contributed by atoms with E-state index >= 15 is 0 Å². The first-order valence-corrected chi connectivity index (χ1v) is 11.9. The molecule has 1 fully saturated rings. The number of rotatable bonds is 7. The third-order valence-corrected chi connectivity index (χ3v) is 6.32. The lowest BCUT2D eigenvalue weighted by molar-refractivity contribution is 0.0753. The summed E-state index contributed by atoms with van der Waals surface area (Å²) in [6, 6.07) is 20.2. The van der Waals surface area contributed by atoms with E-state index in [4.69, 9.17) is 0 Å². The molecular formula is C28H29F2N3O2. The molecule has 0 aliphatic carbocycles. The minimum absolute atomic E-state index is 0.0180. The summed E-state index contributed by atoms with van der Waals surface area (Å²) in [5.41, 5.74) is 2.58. The number of amides is 2. The van der Waals surface area contributed by atoms with Crippen LogP contribution >= 0.6 is 0 Å². The van der Waals surface area contributed by atoms with E-state index < -0.39 is 17.5 Å². The molecule has 182 valence electrons. The number of piperidine rings is 1. The maximum absolute atomic E-state index is 13.5. The highest BCUT2D eigenvalue weighted by molar-refractivity contribution is 6.00. The molecule has 2 amide bonds. The Bertz CT molecular complexity index is 1160. The zero-order valence-electron chi connectivity index (χ0n) is 19.7. The molecule has 1 aliphatic rings. The van der Waals surface area contributed by atoms with Crippen LogP contribution < -0.4 is 10.2 Å². The van der Waals surface area contributed by atoms with Gasteiger partial charge in [-0.3, -0.25) is 9.59 Å². The summed E-state index contributed by atoms with van der Waals surface area (Å²) < 4.78 is 26.9. The Morgan fingerprint density at radius 1 is 0.943 bits per heavy atom. The van der Waals surface area contributed by atoms with Crippen molar-refractivity contribution in [1.82, 2.24) is 10.2 Å². The molecule has 0 saturated carbocycles. The van der Waals surface area contributed by atoms with Gasteiger partial charge in [0.25, 0.3) is 11.8 Å². The number of anilines is 1. The maximum Gasteiger partial charge on any atom is 0.256 e. The van der Waals surface area contributed by atoms with Gasteiger partial charge < -0.3 is 15.1 Å². The number of nitrogens with zero attached hydrogens (tertiary/aromatic N) is 2. The van der Waals surface area contributed by atoms with Gasteiger partial charge in [-0.05, 0) is 49.6 Å². The first-order chi connectivity index (χ1) is 16.9. The van der Waals surface area contributed by atoms with Crippen molar-refractivity contribution in [3.63, 3.8) is 0 Å². The molecule has 7 heteroatoms. The van der Waals surface area contributed by atoms with E-state index in [1.807, 2.05) is 66.4 Å². The molecule has 1 aliphatic heterocycles. The fourth-order valence-electron chi connectivity index (χ4n) is 4.45. The SMILES string of the molecule is CCN(Cc1ccccc1)C(=O)c1ccccc1N1CCC(NC(=O)c2cc(F)cc(F)c2)CC1. The van der Waals surface area contributed by atoms with E-state index in [2.05, 4.69) is 10.2 Å². The quantitative estimate of drug-likeness (QED) is 0.520. The highest BCUT2D eigenvalue weighted by Crippen LogP contribution is 2.26. The normalized spacial score (nSPS) is 14.0. The summed E-state index contributed by atoms with van der Waals surface area (Å²) in [6.07, 6.45) is 1.32. The summed E-state index contributed by atoms with van der Waals surface area (Å²) in [5, 5.41) is 2.88. The van der Waals surface area contributed by atoms with Crippen LogP contribution in [0.3, 0.4) is 0 Å². The molecule has 1 saturated heterocycles. The molecular weight excluding hydrogens is 448 g/mol. The number of carbonyl (C=O) groups excluding carboxylic acids is 2. The zero-order chi connectivity index (χ0) is 24.8. The fourth-order valence-corrected chi connectivity index (χ4v) is 4.45. The monoisotopic (exact) mass is 477 g/mol. The number of benzene rings is 3. The average molecular weight is 478 g/mol. The van der Waals surface area contributed by atoms with Crippen molar-refractivity contribution >= 4 is 17.5 Å². The molecule has 3 aromatic rings. The van der Waals surface area contributed by atoms with E-state index in [1.165, 1.54) is 0 Å². The second-order valence-electron chi connectivity index (χ2n) is 8.71. The first-order valence-electron chi connectivity index (χ1n) is 11.9. The molecule has 1 N–H and O–H groups in total. The summed E-state index contributed by atoms with van der Waals surface area (Å²) in [5.74, 6) is -2.06. The topological polar surface area (TPSA) is 52.7 Å². The van der Waals surface area contributed by atoms with E-state index in [0.717, 1.165) is 29.4 Å². The Balaban J connectivity index is 1.41. The Morgan fingerprint density at radius 3 is 2.23 bits per heavy atom. The van der Waals surface area contributed by atoms with Gasteiger partial charge in [0, 0.05) is 49.5 Å². The lowest BCUT2D eigenvalue weighted by atomic mass is 10.0. The molecule has 1 heterocycles. The zero-order valence-corrected chi connectivity index (χ0v) is 19.7. The predicted molar refractivity (Wildman–Crippen MR) is 132 cm³/mol. The number of hydrogen-bond acceptors (Lipinski definition) is 3. The summed E-state index contributed by atoms with van der Waals surface area (Å²) in [7, 11) is 0. The van der Waals surface area contributed by atoms with E-state index in [9.17, 15) is 18.4 Å². The van der Waals surface area contributed by atoms with Crippen molar-refractivity contribution in [2.24, 2.45) is 0 Å². The third-order valence-electron chi connectivity index (χ3n) is 6.32. The van der Waals surface area contributed by atoms with Crippen molar-refractivity contribution in [2.75, 3.05) is 24.5 Å². The van der Waals surface area contributed by atoms with Gasteiger partial charge in [-0.25, -0.2) is 8.78 Å². The van der Waals surface area contributed by atoms with E-state index in [1.54, 1.807) is 0 Å². The largest absolute Gasteiger partial charge is 0.371 e. The van der Waals surface area contributed by atoms with Crippen molar-refractivity contribution in [1.29, 1.82) is 0 Å². The Kier molecular flexibility index (Phi) is 7.75.